The summed E-state index contributed by atoms with van der Waals surface area (Å²) in [5, 5.41) is 5.62. The predicted octanol–water partition coefficient (Wildman–Crippen LogP) is 3.38. The minimum atomic E-state index is 0.810. The summed E-state index contributed by atoms with van der Waals surface area (Å²) < 4.78 is 7.14. The number of aryl methyl sites for hydroxylation is 1. The van der Waals surface area contributed by atoms with Crippen molar-refractivity contribution >= 4 is 16.9 Å². The average Bonchev–Trinajstić information content (AvgIpc) is 3.12. The number of nitrogens with zero attached hydrogens (tertiary/aromatic N) is 5. The first-order chi connectivity index (χ1) is 12.3. The topological polar surface area (TPSA) is 56.1 Å². The third-order valence-corrected chi connectivity index (χ3v) is 4.74. The molecule has 0 N–H and O–H groups in total. The van der Waals surface area contributed by atoms with Crippen LogP contribution in [0, 0.1) is 0 Å². The van der Waals surface area contributed by atoms with E-state index in [1.54, 1.807) is 7.11 Å². The van der Waals surface area contributed by atoms with Gasteiger partial charge in [0.2, 0.25) is 0 Å². The van der Waals surface area contributed by atoms with Gasteiger partial charge in [-0.1, -0.05) is 6.92 Å². The van der Waals surface area contributed by atoms with Gasteiger partial charge in [0, 0.05) is 19.5 Å². The number of benzene rings is 1. The van der Waals surface area contributed by atoms with Crippen LogP contribution in [0.2, 0.25) is 0 Å². The second-order valence-corrected chi connectivity index (χ2v) is 6.36. The van der Waals surface area contributed by atoms with E-state index in [0.29, 0.717) is 0 Å². The Hall–Kier alpha value is -2.63. The van der Waals surface area contributed by atoms with Crippen LogP contribution >= 0.6 is 0 Å². The first-order valence-electron chi connectivity index (χ1n) is 8.94. The van der Waals surface area contributed by atoms with Crippen molar-refractivity contribution in [3.63, 3.8) is 0 Å². The van der Waals surface area contributed by atoms with Gasteiger partial charge in [-0.15, -0.1) is 0 Å². The number of anilines is 1. The van der Waals surface area contributed by atoms with Gasteiger partial charge in [-0.3, -0.25) is 0 Å². The standard InChI is InChI=1S/C19H23N5O/c1-3-17-21-18(23-11-5-4-6-12-23)16-13-20-24(19(16)22-17)14-7-9-15(25-2)10-8-14/h7-10,13H,3-6,11-12H2,1-2H3. The molecule has 4 rings (SSSR count). The lowest BCUT2D eigenvalue weighted by Crippen LogP contribution is -2.30. The molecule has 0 amide bonds. The molecule has 0 unspecified atom stereocenters. The maximum Gasteiger partial charge on any atom is 0.168 e. The van der Waals surface area contributed by atoms with Gasteiger partial charge in [0.15, 0.2) is 5.65 Å². The zero-order chi connectivity index (χ0) is 17.2. The third kappa shape index (κ3) is 2.92. The summed E-state index contributed by atoms with van der Waals surface area (Å²) in [6, 6.07) is 7.88. The molecule has 0 saturated carbocycles. The Bertz CT molecular complexity index is 865. The molecule has 0 radical (unpaired) electrons. The van der Waals surface area contributed by atoms with E-state index in [2.05, 4.69) is 16.9 Å². The van der Waals surface area contributed by atoms with Gasteiger partial charge in [0.05, 0.1) is 24.4 Å². The van der Waals surface area contributed by atoms with Crippen LogP contribution in [0.4, 0.5) is 5.82 Å². The summed E-state index contributed by atoms with van der Waals surface area (Å²) in [6.45, 7) is 4.21. The van der Waals surface area contributed by atoms with Gasteiger partial charge >= 0.3 is 0 Å². The van der Waals surface area contributed by atoms with E-state index in [-0.39, 0.29) is 0 Å². The fourth-order valence-corrected chi connectivity index (χ4v) is 3.35. The van der Waals surface area contributed by atoms with Gasteiger partial charge < -0.3 is 9.64 Å². The van der Waals surface area contributed by atoms with Crippen molar-refractivity contribution in [1.29, 1.82) is 0 Å². The number of hydrogen-bond donors (Lipinski definition) is 0. The zero-order valence-corrected chi connectivity index (χ0v) is 14.8. The third-order valence-electron chi connectivity index (χ3n) is 4.74. The van der Waals surface area contributed by atoms with Crippen molar-refractivity contribution in [2.45, 2.75) is 32.6 Å². The highest BCUT2D eigenvalue weighted by Crippen LogP contribution is 2.28. The van der Waals surface area contributed by atoms with Crippen LogP contribution in [0.15, 0.2) is 30.5 Å². The van der Waals surface area contributed by atoms with Crippen LogP contribution in [0.3, 0.4) is 0 Å². The lowest BCUT2D eigenvalue weighted by atomic mass is 10.1. The maximum atomic E-state index is 5.25. The molecule has 6 heteroatoms. The average molecular weight is 337 g/mol. The Balaban J connectivity index is 1.83. The molecule has 1 aromatic carbocycles. The quantitative estimate of drug-likeness (QED) is 0.730. The van der Waals surface area contributed by atoms with Crippen LogP contribution < -0.4 is 9.64 Å². The number of ether oxygens (including phenoxy) is 1. The molecular weight excluding hydrogens is 314 g/mol. The monoisotopic (exact) mass is 337 g/mol. The smallest absolute Gasteiger partial charge is 0.168 e. The molecule has 0 atom stereocenters. The lowest BCUT2D eigenvalue weighted by Gasteiger charge is -2.28. The number of hydrogen-bond acceptors (Lipinski definition) is 5. The van der Waals surface area contributed by atoms with Gasteiger partial charge in [-0.05, 0) is 43.5 Å². The molecule has 3 heterocycles. The first-order valence-corrected chi connectivity index (χ1v) is 8.94. The molecule has 1 fully saturated rings. The van der Waals surface area contributed by atoms with E-state index in [1.807, 2.05) is 35.1 Å². The Kier molecular flexibility index (Phi) is 4.26. The van der Waals surface area contributed by atoms with E-state index >= 15 is 0 Å². The van der Waals surface area contributed by atoms with Crippen molar-refractivity contribution in [3.05, 3.63) is 36.3 Å². The molecule has 2 aromatic heterocycles. The first kappa shape index (κ1) is 15.9. The molecule has 1 saturated heterocycles. The molecule has 6 nitrogen and oxygen atoms in total. The summed E-state index contributed by atoms with van der Waals surface area (Å²) in [7, 11) is 1.67. The minimum absolute atomic E-state index is 0.810. The summed E-state index contributed by atoms with van der Waals surface area (Å²) in [5.74, 6) is 2.72. The number of methoxy groups -OCH3 is 1. The fraction of sp³-hybridized carbons (Fsp3) is 0.421. The molecule has 1 aliphatic rings. The molecule has 1 aliphatic heterocycles. The normalized spacial score (nSPS) is 14.9. The second kappa shape index (κ2) is 6.70. The summed E-state index contributed by atoms with van der Waals surface area (Å²) in [5.41, 5.74) is 1.85. The molecule has 130 valence electrons. The van der Waals surface area contributed by atoms with Gasteiger partial charge in [0.25, 0.3) is 0 Å². The highest BCUT2D eigenvalue weighted by Gasteiger charge is 2.19. The van der Waals surface area contributed by atoms with Crippen molar-refractivity contribution in [2.24, 2.45) is 0 Å². The Morgan fingerprint density at radius 2 is 1.80 bits per heavy atom. The number of piperidine rings is 1. The van der Waals surface area contributed by atoms with Crippen LogP contribution in [-0.4, -0.2) is 39.9 Å². The predicted molar refractivity (Wildman–Crippen MR) is 98.7 cm³/mol. The van der Waals surface area contributed by atoms with Crippen molar-refractivity contribution in [1.82, 2.24) is 19.7 Å². The summed E-state index contributed by atoms with van der Waals surface area (Å²) in [6.07, 6.45) is 6.45. The van der Waals surface area contributed by atoms with E-state index < -0.39 is 0 Å². The summed E-state index contributed by atoms with van der Waals surface area (Å²) in [4.78, 5) is 12.0. The van der Waals surface area contributed by atoms with Gasteiger partial charge in [-0.2, -0.15) is 5.10 Å². The highest BCUT2D eigenvalue weighted by atomic mass is 16.5. The molecule has 3 aromatic rings. The molecule has 0 bridgehead atoms. The maximum absolute atomic E-state index is 5.25. The van der Waals surface area contributed by atoms with Crippen LogP contribution in [-0.2, 0) is 6.42 Å². The van der Waals surface area contributed by atoms with E-state index in [0.717, 1.165) is 53.6 Å². The highest BCUT2D eigenvalue weighted by molar-refractivity contribution is 5.88. The Labute approximate surface area is 147 Å². The molecular formula is C19H23N5O. The van der Waals surface area contributed by atoms with Gasteiger partial charge in [-0.25, -0.2) is 14.6 Å². The van der Waals surface area contributed by atoms with Crippen molar-refractivity contribution in [3.8, 4) is 11.4 Å². The summed E-state index contributed by atoms with van der Waals surface area (Å²) >= 11 is 0. The Morgan fingerprint density at radius 1 is 1.04 bits per heavy atom. The van der Waals surface area contributed by atoms with Crippen LogP contribution in [0.25, 0.3) is 16.7 Å². The van der Waals surface area contributed by atoms with Crippen molar-refractivity contribution < 1.29 is 4.74 Å². The Morgan fingerprint density at radius 3 is 2.48 bits per heavy atom. The fourth-order valence-electron chi connectivity index (χ4n) is 3.35. The lowest BCUT2D eigenvalue weighted by molar-refractivity contribution is 0.414. The second-order valence-electron chi connectivity index (χ2n) is 6.36. The molecule has 0 aliphatic carbocycles. The van der Waals surface area contributed by atoms with Crippen LogP contribution in [0.1, 0.15) is 32.0 Å². The minimum Gasteiger partial charge on any atom is -0.497 e. The molecule has 25 heavy (non-hydrogen) atoms. The SMILES string of the molecule is CCc1nc(N2CCCCC2)c2cnn(-c3ccc(OC)cc3)c2n1. The van der Waals surface area contributed by atoms with E-state index in [9.17, 15) is 0 Å². The van der Waals surface area contributed by atoms with Crippen molar-refractivity contribution in [2.75, 3.05) is 25.1 Å². The largest absolute Gasteiger partial charge is 0.497 e. The zero-order valence-electron chi connectivity index (χ0n) is 14.8. The van der Waals surface area contributed by atoms with Gasteiger partial charge in [0.1, 0.15) is 17.4 Å². The number of aromatic nitrogens is 4. The van der Waals surface area contributed by atoms with E-state index in [1.165, 1.54) is 19.3 Å². The molecule has 0 spiro atoms. The number of rotatable bonds is 4. The number of fused-ring (bicyclic) bond motifs is 1. The van der Waals surface area contributed by atoms with E-state index in [4.69, 9.17) is 14.7 Å². The van der Waals surface area contributed by atoms with Crippen LogP contribution in [0.5, 0.6) is 5.75 Å².